The van der Waals surface area contributed by atoms with Gasteiger partial charge in [0.2, 0.25) is 0 Å². The second-order valence-electron chi connectivity index (χ2n) is 7.05. The first kappa shape index (κ1) is 20.2. The van der Waals surface area contributed by atoms with Crippen molar-refractivity contribution in [2.45, 2.75) is 20.1 Å². The molecule has 4 rings (SSSR count). The van der Waals surface area contributed by atoms with Gasteiger partial charge in [0.15, 0.2) is 5.43 Å². The average Bonchev–Trinajstić information content (AvgIpc) is 3.14. The number of aromatic nitrogens is 1. The largest absolute Gasteiger partial charge is 0.497 e. The number of nitrogens with zero attached hydrogens (tertiary/aromatic N) is 1. The molecule has 0 amide bonds. The van der Waals surface area contributed by atoms with Gasteiger partial charge in [-0.15, -0.1) is 11.3 Å². The van der Waals surface area contributed by atoms with Gasteiger partial charge in [-0.3, -0.25) is 4.79 Å². The molecule has 2 heterocycles. The molecule has 0 saturated carbocycles. The van der Waals surface area contributed by atoms with Crippen molar-refractivity contribution in [2.75, 3.05) is 14.2 Å². The molecule has 2 aromatic heterocycles. The first-order valence-corrected chi connectivity index (χ1v) is 10.4. The molecule has 30 heavy (non-hydrogen) atoms. The van der Waals surface area contributed by atoms with E-state index in [2.05, 4.69) is 0 Å². The number of para-hydroxylation sites is 1. The summed E-state index contributed by atoms with van der Waals surface area (Å²) in [4.78, 5) is 15.0. The zero-order valence-electron chi connectivity index (χ0n) is 17.1. The Bertz CT molecular complexity index is 1250. The van der Waals surface area contributed by atoms with Gasteiger partial charge >= 0.3 is 0 Å². The monoisotopic (exact) mass is 421 g/mol. The molecule has 0 aliphatic carbocycles. The Morgan fingerprint density at radius 2 is 1.73 bits per heavy atom. The van der Waals surface area contributed by atoms with Crippen LogP contribution < -0.4 is 14.9 Å². The fourth-order valence-electron chi connectivity index (χ4n) is 3.70. The Hall–Kier alpha value is -3.09. The maximum atomic E-state index is 13.0. The third-order valence-corrected chi connectivity index (χ3v) is 6.65. The Morgan fingerprint density at radius 1 is 1.00 bits per heavy atom. The standard InChI is InChI=1S/C24H23NO4S/c1-15-21-22(27)18(14-26)13-25(12-17-6-4-5-7-20(17)29-3)24(21)30-23(15)16-8-10-19(28-2)11-9-16/h4-11,13,26H,12,14H2,1-3H3. The van der Waals surface area contributed by atoms with Crippen molar-refractivity contribution in [1.29, 1.82) is 0 Å². The van der Waals surface area contributed by atoms with Crippen LogP contribution in [0.2, 0.25) is 0 Å². The number of hydrogen-bond donors (Lipinski definition) is 1. The Labute approximate surface area is 178 Å². The van der Waals surface area contributed by atoms with E-state index in [1.807, 2.05) is 60.0 Å². The number of thiophene rings is 1. The highest BCUT2D eigenvalue weighted by molar-refractivity contribution is 7.22. The van der Waals surface area contributed by atoms with Crippen molar-refractivity contribution in [3.63, 3.8) is 0 Å². The van der Waals surface area contributed by atoms with Crippen LogP contribution in [0.25, 0.3) is 20.7 Å². The summed E-state index contributed by atoms with van der Waals surface area (Å²) in [5.41, 5.74) is 3.24. The highest BCUT2D eigenvalue weighted by Gasteiger charge is 2.19. The molecule has 6 heteroatoms. The van der Waals surface area contributed by atoms with Gasteiger partial charge in [0.05, 0.1) is 32.8 Å². The van der Waals surface area contributed by atoms with Gasteiger partial charge in [-0.05, 0) is 48.4 Å². The van der Waals surface area contributed by atoms with Crippen LogP contribution in [0.3, 0.4) is 0 Å². The van der Waals surface area contributed by atoms with E-state index >= 15 is 0 Å². The van der Waals surface area contributed by atoms with Crippen LogP contribution in [-0.2, 0) is 13.2 Å². The van der Waals surface area contributed by atoms with Crippen molar-refractivity contribution in [3.8, 4) is 21.9 Å². The summed E-state index contributed by atoms with van der Waals surface area (Å²) in [6.07, 6.45) is 1.75. The van der Waals surface area contributed by atoms with Crippen LogP contribution in [0, 0.1) is 6.92 Å². The van der Waals surface area contributed by atoms with E-state index in [1.54, 1.807) is 31.8 Å². The quantitative estimate of drug-likeness (QED) is 0.494. The van der Waals surface area contributed by atoms with Crippen LogP contribution in [-0.4, -0.2) is 23.9 Å². The van der Waals surface area contributed by atoms with Crippen molar-refractivity contribution < 1.29 is 14.6 Å². The summed E-state index contributed by atoms with van der Waals surface area (Å²) in [5.74, 6) is 1.58. The normalized spacial score (nSPS) is 11.1. The van der Waals surface area contributed by atoms with Crippen LogP contribution in [0.15, 0.2) is 59.5 Å². The minimum atomic E-state index is -0.298. The minimum absolute atomic E-state index is 0.114. The summed E-state index contributed by atoms with van der Waals surface area (Å²) in [7, 11) is 3.29. The van der Waals surface area contributed by atoms with E-state index in [4.69, 9.17) is 9.47 Å². The first-order chi connectivity index (χ1) is 14.6. The summed E-state index contributed by atoms with van der Waals surface area (Å²) >= 11 is 1.58. The molecule has 154 valence electrons. The molecule has 5 nitrogen and oxygen atoms in total. The second kappa shape index (κ2) is 8.34. The molecule has 0 saturated heterocycles. The van der Waals surface area contributed by atoms with Gasteiger partial charge in [-0.25, -0.2) is 0 Å². The van der Waals surface area contributed by atoms with Crippen molar-refractivity contribution in [2.24, 2.45) is 0 Å². The lowest BCUT2D eigenvalue weighted by atomic mass is 10.1. The number of ether oxygens (including phenoxy) is 2. The van der Waals surface area contributed by atoms with E-state index in [1.165, 1.54) is 0 Å². The maximum Gasteiger partial charge on any atom is 0.196 e. The molecule has 0 spiro atoms. The highest BCUT2D eigenvalue weighted by Crippen LogP contribution is 2.38. The van der Waals surface area contributed by atoms with Crippen LogP contribution >= 0.6 is 11.3 Å². The molecule has 0 aliphatic heterocycles. The number of aryl methyl sites for hydroxylation is 1. The molecular formula is C24H23NO4S. The van der Waals surface area contributed by atoms with E-state index in [9.17, 15) is 9.90 Å². The minimum Gasteiger partial charge on any atom is -0.497 e. The number of aliphatic hydroxyl groups excluding tert-OH is 1. The number of methoxy groups -OCH3 is 2. The maximum absolute atomic E-state index is 13.0. The van der Waals surface area contributed by atoms with Crippen molar-refractivity contribution in [3.05, 3.63) is 81.6 Å². The third kappa shape index (κ3) is 3.49. The van der Waals surface area contributed by atoms with Crippen LogP contribution in [0.4, 0.5) is 0 Å². The van der Waals surface area contributed by atoms with Gasteiger partial charge in [0.25, 0.3) is 0 Å². The number of hydrogen-bond acceptors (Lipinski definition) is 5. The van der Waals surface area contributed by atoms with E-state index in [0.29, 0.717) is 17.5 Å². The van der Waals surface area contributed by atoms with E-state index in [-0.39, 0.29) is 12.0 Å². The molecule has 2 aromatic carbocycles. The fraction of sp³-hybridized carbons (Fsp3) is 0.208. The summed E-state index contributed by atoms with van der Waals surface area (Å²) < 4.78 is 12.8. The zero-order chi connectivity index (χ0) is 21.3. The molecule has 0 bridgehead atoms. The molecule has 0 aliphatic rings. The average molecular weight is 422 g/mol. The summed E-state index contributed by atoms with van der Waals surface area (Å²) in [6, 6.07) is 15.7. The molecule has 0 atom stereocenters. The smallest absolute Gasteiger partial charge is 0.196 e. The van der Waals surface area contributed by atoms with Gasteiger partial charge in [-0.1, -0.05) is 18.2 Å². The molecule has 0 radical (unpaired) electrons. The lowest BCUT2D eigenvalue weighted by Crippen LogP contribution is -2.15. The topological polar surface area (TPSA) is 60.7 Å². The van der Waals surface area contributed by atoms with Crippen LogP contribution in [0.5, 0.6) is 11.5 Å². The third-order valence-electron chi connectivity index (χ3n) is 5.28. The number of benzene rings is 2. The van der Waals surface area contributed by atoms with Crippen molar-refractivity contribution in [1.82, 2.24) is 4.57 Å². The van der Waals surface area contributed by atoms with E-state index < -0.39 is 0 Å². The van der Waals surface area contributed by atoms with Gasteiger partial charge < -0.3 is 19.1 Å². The van der Waals surface area contributed by atoms with Crippen molar-refractivity contribution >= 4 is 21.6 Å². The van der Waals surface area contributed by atoms with E-state index in [0.717, 1.165) is 37.9 Å². The number of rotatable bonds is 6. The fourth-order valence-corrected chi connectivity index (χ4v) is 4.98. The molecule has 4 aromatic rings. The summed E-state index contributed by atoms with van der Waals surface area (Å²) in [6.45, 7) is 2.21. The predicted octanol–water partition coefficient (Wildman–Crippen LogP) is 4.60. The molecule has 1 N–H and O–H groups in total. The van der Waals surface area contributed by atoms with Crippen LogP contribution in [0.1, 0.15) is 16.7 Å². The Kier molecular flexibility index (Phi) is 5.61. The Morgan fingerprint density at radius 3 is 2.40 bits per heavy atom. The molecule has 0 fully saturated rings. The van der Waals surface area contributed by atoms with Gasteiger partial charge in [0.1, 0.15) is 16.3 Å². The number of pyridine rings is 1. The highest BCUT2D eigenvalue weighted by atomic mass is 32.1. The lowest BCUT2D eigenvalue weighted by molar-refractivity contribution is 0.280. The lowest BCUT2D eigenvalue weighted by Gasteiger charge is -2.13. The number of aliphatic hydroxyl groups is 1. The molecule has 0 unspecified atom stereocenters. The van der Waals surface area contributed by atoms with Gasteiger partial charge in [-0.2, -0.15) is 0 Å². The zero-order valence-corrected chi connectivity index (χ0v) is 18.0. The van der Waals surface area contributed by atoms with Gasteiger partial charge in [0, 0.05) is 22.2 Å². The number of fused-ring (bicyclic) bond motifs is 1. The first-order valence-electron chi connectivity index (χ1n) is 9.60. The Balaban J connectivity index is 1.92. The SMILES string of the molecule is COc1ccc(-c2sc3c(c2C)c(=O)c(CO)cn3Cc2ccccc2OC)cc1. The predicted molar refractivity (Wildman–Crippen MR) is 121 cm³/mol. The second-order valence-corrected chi connectivity index (χ2v) is 8.05. The summed E-state index contributed by atoms with van der Waals surface area (Å²) in [5, 5.41) is 10.5. The molecular weight excluding hydrogens is 398 g/mol.